The Morgan fingerprint density at radius 2 is 2.35 bits per heavy atom. The van der Waals surface area contributed by atoms with E-state index in [9.17, 15) is 4.79 Å². The molecule has 0 saturated carbocycles. The molecule has 5 nitrogen and oxygen atoms in total. The minimum absolute atomic E-state index is 0.0968. The van der Waals surface area contributed by atoms with Crippen molar-refractivity contribution in [3.8, 4) is 0 Å². The van der Waals surface area contributed by atoms with Crippen LogP contribution in [0, 0.1) is 0 Å². The van der Waals surface area contributed by atoms with E-state index in [-0.39, 0.29) is 12.0 Å². The summed E-state index contributed by atoms with van der Waals surface area (Å²) in [5, 5.41) is 8.69. The number of rotatable bonds is 4. The largest absolute Gasteiger partial charge is 0.481 e. The van der Waals surface area contributed by atoms with Crippen LogP contribution in [0.4, 0.5) is 0 Å². The number of aliphatic carboxylic acids is 1. The number of carbonyl (C=O) groups is 1. The second-order valence-corrected chi connectivity index (χ2v) is 5.11. The Labute approximate surface area is 102 Å². The Morgan fingerprint density at radius 1 is 1.53 bits per heavy atom. The van der Waals surface area contributed by atoms with Crippen molar-refractivity contribution >= 4 is 5.97 Å². The minimum atomic E-state index is -0.733. The van der Waals surface area contributed by atoms with Crippen LogP contribution in [0.5, 0.6) is 0 Å². The zero-order chi connectivity index (χ0) is 12.3. The third kappa shape index (κ3) is 3.18. The molecule has 1 N–H and O–H groups in total. The molecule has 0 radical (unpaired) electrons. The van der Waals surface area contributed by atoms with E-state index >= 15 is 0 Å². The third-order valence-electron chi connectivity index (χ3n) is 3.84. The van der Waals surface area contributed by atoms with Gasteiger partial charge in [-0.05, 0) is 19.9 Å². The van der Waals surface area contributed by atoms with Crippen LogP contribution in [0.25, 0.3) is 0 Å². The number of carboxylic acid groups (broad SMARTS) is 1. The first-order chi connectivity index (χ1) is 8.11. The number of hydrogen-bond donors (Lipinski definition) is 1. The van der Waals surface area contributed by atoms with Crippen molar-refractivity contribution in [3.05, 3.63) is 0 Å². The molecule has 2 saturated heterocycles. The van der Waals surface area contributed by atoms with E-state index < -0.39 is 5.97 Å². The molecule has 98 valence electrons. The number of ether oxygens (including phenoxy) is 2. The van der Waals surface area contributed by atoms with E-state index in [2.05, 4.69) is 4.90 Å². The molecule has 5 heteroatoms. The van der Waals surface area contributed by atoms with Gasteiger partial charge in [-0.1, -0.05) is 0 Å². The van der Waals surface area contributed by atoms with Crippen molar-refractivity contribution in [2.75, 3.05) is 33.4 Å². The average Bonchev–Trinajstić information content (AvgIpc) is 2.74. The smallest absolute Gasteiger partial charge is 0.304 e. The number of hydrogen-bond acceptors (Lipinski definition) is 4. The Balaban J connectivity index is 1.85. The van der Waals surface area contributed by atoms with Gasteiger partial charge in [0.2, 0.25) is 0 Å². The molecule has 2 fully saturated rings. The monoisotopic (exact) mass is 243 g/mol. The summed E-state index contributed by atoms with van der Waals surface area (Å²) >= 11 is 0. The van der Waals surface area contributed by atoms with Gasteiger partial charge in [0.05, 0.1) is 18.6 Å². The van der Waals surface area contributed by atoms with Gasteiger partial charge in [-0.3, -0.25) is 4.79 Å². The van der Waals surface area contributed by atoms with Crippen LogP contribution < -0.4 is 0 Å². The molecule has 2 heterocycles. The zero-order valence-corrected chi connectivity index (χ0v) is 10.4. The third-order valence-corrected chi connectivity index (χ3v) is 3.84. The molecule has 2 atom stereocenters. The van der Waals surface area contributed by atoms with Crippen LogP contribution in [0.1, 0.15) is 25.7 Å². The van der Waals surface area contributed by atoms with Crippen LogP contribution in [0.2, 0.25) is 0 Å². The van der Waals surface area contributed by atoms with Gasteiger partial charge in [0, 0.05) is 32.2 Å². The molecule has 0 aromatic rings. The van der Waals surface area contributed by atoms with Crippen LogP contribution in [0.3, 0.4) is 0 Å². The maximum Gasteiger partial charge on any atom is 0.304 e. The first-order valence-corrected chi connectivity index (χ1v) is 6.25. The van der Waals surface area contributed by atoms with E-state index in [1.54, 1.807) is 0 Å². The molecular weight excluding hydrogens is 222 g/mol. The lowest BCUT2D eigenvalue weighted by molar-refractivity contribution is -0.137. The zero-order valence-electron chi connectivity index (χ0n) is 10.4. The van der Waals surface area contributed by atoms with Crippen molar-refractivity contribution in [1.82, 2.24) is 4.90 Å². The molecule has 2 aliphatic rings. The minimum Gasteiger partial charge on any atom is -0.481 e. The summed E-state index contributed by atoms with van der Waals surface area (Å²) in [7, 11) is 2.00. The summed E-state index contributed by atoms with van der Waals surface area (Å²) in [6, 6.07) is 0.421. The molecule has 0 amide bonds. The van der Waals surface area contributed by atoms with Gasteiger partial charge in [-0.15, -0.1) is 0 Å². The van der Waals surface area contributed by atoms with Crippen molar-refractivity contribution in [3.63, 3.8) is 0 Å². The van der Waals surface area contributed by atoms with Crippen molar-refractivity contribution < 1.29 is 19.4 Å². The van der Waals surface area contributed by atoms with E-state index in [1.165, 1.54) is 0 Å². The summed E-state index contributed by atoms with van der Waals surface area (Å²) in [6.07, 6.45) is 3.12. The van der Waals surface area contributed by atoms with Gasteiger partial charge in [0.15, 0.2) is 0 Å². The first kappa shape index (κ1) is 12.8. The van der Waals surface area contributed by atoms with Crippen molar-refractivity contribution in [2.45, 2.75) is 37.3 Å². The number of carboxylic acids is 1. The van der Waals surface area contributed by atoms with Gasteiger partial charge in [-0.25, -0.2) is 0 Å². The van der Waals surface area contributed by atoms with E-state index in [0.29, 0.717) is 19.2 Å². The summed E-state index contributed by atoms with van der Waals surface area (Å²) < 4.78 is 11.3. The Morgan fingerprint density at radius 3 is 3.00 bits per heavy atom. The average molecular weight is 243 g/mol. The van der Waals surface area contributed by atoms with Crippen molar-refractivity contribution in [1.29, 1.82) is 0 Å². The van der Waals surface area contributed by atoms with Crippen LogP contribution in [0.15, 0.2) is 0 Å². The van der Waals surface area contributed by atoms with Gasteiger partial charge in [0.25, 0.3) is 0 Å². The van der Waals surface area contributed by atoms with Gasteiger partial charge >= 0.3 is 5.97 Å². The highest BCUT2D eigenvalue weighted by Crippen LogP contribution is 2.34. The highest BCUT2D eigenvalue weighted by Gasteiger charge is 2.41. The SMILES string of the molecule is CN(CCC(=O)O)C1CCOC2(CCOC2)C1. The maximum absolute atomic E-state index is 10.6. The Hall–Kier alpha value is -0.650. The van der Waals surface area contributed by atoms with E-state index in [0.717, 1.165) is 32.5 Å². The van der Waals surface area contributed by atoms with Gasteiger partial charge in [-0.2, -0.15) is 0 Å². The molecule has 2 unspecified atom stereocenters. The standard InChI is InChI=1S/C12H21NO4/c1-13(5-2-11(14)15)10-3-6-17-12(8-10)4-7-16-9-12/h10H,2-9H2,1H3,(H,14,15). The van der Waals surface area contributed by atoms with Crippen molar-refractivity contribution in [2.24, 2.45) is 0 Å². The number of nitrogens with zero attached hydrogens (tertiary/aromatic N) is 1. The molecule has 2 aliphatic heterocycles. The Kier molecular flexibility index (Phi) is 4.01. The van der Waals surface area contributed by atoms with Crippen LogP contribution in [-0.2, 0) is 14.3 Å². The molecule has 0 aromatic heterocycles. The molecule has 0 aliphatic carbocycles. The topological polar surface area (TPSA) is 59.0 Å². The quantitative estimate of drug-likeness (QED) is 0.789. The summed E-state index contributed by atoms with van der Waals surface area (Å²) in [4.78, 5) is 12.7. The summed E-state index contributed by atoms with van der Waals surface area (Å²) in [5.41, 5.74) is -0.0968. The molecule has 1 spiro atoms. The molecule has 2 rings (SSSR count). The fourth-order valence-corrected chi connectivity index (χ4v) is 2.70. The van der Waals surface area contributed by atoms with Crippen LogP contribution >= 0.6 is 0 Å². The van der Waals surface area contributed by atoms with Gasteiger partial charge in [0.1, 0.15) is 0 Å². The lowest BCUT2D eigenvalue weighted by Gasteiger charge is -2.40. The lowest BCUT2D eigenvalue weighted by Crippen LogP contribution is -2.48. The predicted octanol–water partition coefficient (Wildman–Crippen LogP) is 0.731. The second kappa shape index (κ2) is 5.33. The first-order valence-electron chi connectivity index (χ1n) is 6.25. The predicted molar refractivity (Wildman–Crippen MR) is 62.0 cm³/mol. The van der Waals surface area contributed by atoms with Gasteiger partial charge < -0.3 is 19.5 Å². The molecular formula is C12H21NO4. The molecule has 17 heavy (non-hydrogen) atoms. The van der Waals surface area contributed by atoms with E-state index in [4.69, 9.17) is 14.6 Å². The van der Waals surface area contributed by atoms with E-state index in [1.807, 2.05) is 7.05 Å². The highest BCUT2D eigenvalue weighted by atomic mass is 16.6. The maximum atomic E-state index is 10.6. The highest BCUT2D eigenvalue weighted by molar-refractivity contribution is 5.66. The molecule has 0 aromatic carbocycles. The molecule has 0 bridgehead atoms. The lowest BCUT2D eigenvalue weighted by atomic mass is 9.89. The fraction of sp³-hybridized carbons (Fsp3) is 0.917. The fourth-order valence-electron chi connectivity index (χ4n) is 2.70. The normalized spacial score (nSPS) is 33.4. The summed E-state index contributed by atoms with van der Waals surface area (Å²) in [6.45, 7) is 2.84. The summed E-state index contributed by atoms with van der Waals surface area (Å²) in [5.74, 6) is -0.733. The Bertz CT molecular complexity index is 276. The van der Waals surface area contributed by atoms with Crippen LogP contribution in [-0.4, -0.2) is 61.0 Å². The second-order valence-electron chi connectivity index (χ2n) is 5.11.